The zero-order chi connectivity index (χ0) is 21.3. The summed E-state index contributed by atoms with van der Waals surface area (Å²) in [6.07, 6.45) is 0. The van der Waals surface area contributed by atoms with Gasteiger partial charge < -0.3 is 4.90 Å². The zero-order valence-electron chi connectivity index (χ0n) is 16.8. The van der Waals surface area contributed by atoms with Gasteiger partial charge in [0.05, 0.1) is 6.54 Å². The minimum atomic E-state index is -0.205. The van der Waals surface area contributed by atoms with Gasteiger partial charge in [0, 0.05) is 29.5 Å². The second kappa shape index (κ2) is 8.28. The third-order valence-corrected chi connectivity index (χ3v) is 5.58. The van der Waals surface area contributed by atoms with Gasteiger partial charge in [-0.25, -0.2) is 0 Å². The topological polar surface area (TPSA) is 42.3 Å². The van der Waals surface area contributed by atoms with Crippen molar-refractivity contribution in [3.05, 3.63) is 105 Å². The number of hydrogen-bond donors (Lipinski definition) is 0. The molecule has 0 aliphatic rings. The lowest BCUT2D eigenvalue weighted by Crippen LogP contribution is -2.33. The summed E-state index contributed by atoms with van der Waals surface area (Å²) in [5.41, 5.74) is 2.84. The highest BCUT2D eigenvalue weighted by molar-refractivity contribution is 9.10. The third-order valence-electron chi connectivity index (χ3n) is 5.09. The van der Waals surface area contributed by atoms with Crippen molar-refractivity contribution in [1.29, 1.82) is 0 Å². The maximum absolute atomic E-state index is 13.6. The van der Waals surface area contributed by atoms with Crippen LogP contribution in [-0.4, -0.2) is 29.5 Å². The molecule has 150 valence electrons. The van der Waals surface area contributed by atoms with Gasteiger partial charge in [-0.2, -0.15) is 0 Å². The minimum absolute atomic E-state index is 0.175. The van der Waals surface area contributed by atoms with E-state index in [1.165, 1.54) is 4.90 Å². The fourth-order valence-electron chi connectivity index (χ4n) is 3.67. The summed E-state index contributed by atoms with van der Waals surface area (Å²) in [7, 11) is 3.42. The number of hydrogen-bond acceptors (Lipinski definition) is 2. The van der Waals surface area contributed by atoms with Gasteiger partial charge in [0.1, 0.15) is 5.69 Å². The maximum atomic E-state index is 13.6. The summed E-state index contributed by atoms with van der Waals surface area (Å²) >= 11 is 3.52. The molecule has 0 fully saturated rings. The van der Waals surface area contributed by atoms with Crippen LogP contribution in [0.15, 0.2) is 88.1 Å². The van der Waals surface area contributed by atoms with Gasteiger partial charge in [-0.1, -0.05) is 76.6 Å². The molecule has 4 rings (SSSR count). The van der Waals surface area contributed by atoms with Gasteiger partial charge in [0.15, 0.2) is 0 Å². The third kappa shape index (κ3) is 3.68. The first-order valence-corrected chi connectivity index (χ1v) is 10.4. The summed E-state index contributed by atoms with van der Waals surface area (Å²) in [5.74, 6) is -0.205. The molecule has 1 heterocycles. The van der Waals surface area contributed by atoms with Crippen LogP contribution in [0.3, 0.4) is 0 Å². The predicted molar refractivity (Wildman–Crippen MR) is 125 cm³/mol. The molecule has 0 unspecified atom stereocenters. The highest BCUT2D eigenvalue weighted by Crippen LogP contribution is 2.33. The average molecular weight is 461 g/mol. The standard InChI is InChI=1S/C25H21BrN2O2/c1-27(2)25(30)23-22(18-11-7-4-8-12-18)21-15-19(26)13-14-20(21)24(29)28(23)16-17-9-5-3-6-10-17/h3-15H,16H2,1-2H3. The van der Waals surface area contributed by atoms with E-state index >= 15 is 0 Å². The van der Waals surface area contributed by atoms with Crippen LogP contribution in [0.4, 0.5) is 0 Å². The number of pyridine rings is 1. The fourth-order valence-corrected chi connectivity index (χ4v) is 4.03. The van der Waals surface area contributed by atoms with E-state index in [9.17, 15) is 9.59 Å². The Bertz CT molecular complexity index is 1280. The molecular weight excluding hydrogens is 440 g/mol. The lowest BCUT2D eigenvalue weighted by Gasteiger charge is -2.22. The number of halogens is 1. The molecule has 1 amide bonds. The average Bonchev–Trinajstić information content (AvgIpc) is 2.76. The van der Waals surface area contributed by atoms with Crippen molar-refractivity contribution in [1.82, 2.24) is 9.47 Å². The van der Waals surface area contributed by atoms with Crippen molar-refractivity contribution in [2.45, 2.75) is 6.54 Å². The fraction of sp³-hybridized carbons (Fsp3) is 0.120. The highest BCUT2D eigenvalue weighted by Gasteiger charge is 2.24. The number of nitrogens with zero attached hydrogens (tertiary/aromatic N) is 2. The number of fused-ring (bicyclic) bond motifs is 1. The normalized spacial score (nSPS) is 10.9. The summed E-state index contributed by atoms with van der Waals surface area (Å²) in [6, 6.07) is 25.1. The van der Waals surface area contributed by atoms with Crippen LogP contribution in [0.2, 0.25) is 0 Å². The van der Waals surface area contributed by atoms with E-state index in [0.717, 1.165) is 26.5 Å². The molecular formula is C25H21BrN2O2. The van der Waals surface area contributed by atoms with Gasteiger partial charge in [-0.3, -0.25) is 14.2 Å². The lowest BCUT2D eigenvalue weighted by atomic mass is 9.96. The number of carbonyl (C=O) groups is 1. The van der Waals surface area contributed by atoms with E-state index in [1.54, 1.807) is 18.7 Å². The number of benzene rings is 3. The van der Waals surface area contributed by atoms with E-state index in [4.69, 9.17) is 0 Å². The number of amides is 1. The molecule has 30 heavy (non-hydrogen) atoms. The summed E-state index contributed by atoms with van der Waals surface area (Å²) in [6.45, 7) is 0.320. The molecule has 0 saturated heterocycles. The molecule has 0 N–H and O–H groups in total. The number of rotatable bonds is 4. The molecule has 0 spiro atoms. The molecule has 0 bridgehead atoms. The van der Waals surface area contributed by atoms with Crippen LogP contribution in [0.25, 0.3) is 21.9 Å². The van der Waals surface area contributed by atoms with Crippen LogP contribution in [0, 0.1) is 0 Å². The van der Waals surface area contributed by atoms with Gasteiger partial charge in [0.25, 0.3) is 11.5 Å². The van der Waals surface area contributed by atoms with Crippen molar-refractivity contribution in [2.24, 2.45) is 0 Å². The van der Waals surface area contributed by atoms with Crippen molar-refractivity contribution >= 4 is 32.6 Å². The Morgan fingerprint density at radius 3 is 2.17 bits per heavy atom. The lowest BCUT2D eigenvalue weighted by molar-refractivity contribution is 0.0817. The smallest absolute Gasteiger partial charge is 0.270 e. The quantitative estimate of drug-likeness (QED) is 0.420. The van der Waals surface area contributed by atoms with Gasteiger partial charge in [-0.05, 0) is 34.7 Å². The summed E-state index contributed by atoms with van der Waals surface area (Å²) in [5, 5.41) is 1.35. The number of carbonyl (C=O) groups excluding carboxylic acids is 1. The van der Waals surface area contributed by atoms with Crippen LogP contribution < -0.4 is 5.56 Å². The first kappa shape index (κ1) is 20.1. The van der Waals surface area contributed by atoms with Gasteiger partial charge in [0.2, 0.25) is 0 Å². The van der Waals surface area contributed by atoms with Crippen LogP contribution >= 0.6 is 15.9 Å². The Morgan fingerprint density at radius 2 is 1.53 bits per heavy atom. The van der Waals surface area contributed by atoms with Gasteiger partial charge >= 0.3 is 0 Å². The molecule has 0 atom stereocenters. The predicted octanol–water partition coefficient (Wildman–Crippen LogP) is 5.18. The molecule has 3 aromatic carbocycles. The molecule has 0 aliphatic carbocycles. The van der Waals surface area contributed by atoms with Gasteiger partial charge in [-0.15, -0.1) is 0 Å². The van der Waals surface area contributed by atoms with Crippen molar-refractivity contribution in [2.75, 3.05) is 14.1 Å². The Morgan fingerprint density at radius 1 is 0.900 bits per heavy atom. The first-order chi connectivity index (χ1) is 14.5. The van der Waals surface area contributed by atoms with E-state index in [1.807, 2.05) is 78.9 Å². The summed E-state index contributed by atoms with van der Waals surface area (Å²) < 4.78 is 2.46. The SMILES string of the molecule is CN(C)C(=O)c1c(-c2ccccc2)c2cc(Br)ccc2c(=O)n1Cc1ccccc1. The molecule has 4 nitrogen and oxygen atoms in total. The molecule has 0 saturated carbocycles. The molecule has 4 aromatic rings. The monoisotopic (exact) mass is 460 g/mol. The summed E-state index contributed by atoms with van der Waals surface area (Å²) in [4.78, 5) is 28.5. The molecule has 1 aromatic heterocycles. The second-order valence-electron chi connectivity index (χ2n) is 7.36. The van der Waals surface area contributed by atoms with E-state index < -0.39 is 0 Å². The van der Waals surface area contributed by atoms with E-state index in [-0.39, 0.29) is 11.5 Å². The van der Waals surface area contributed by atoms with Crippen molar-refractivity contribution in [3.63, 3.8) is 0 Å². The van der Waals surface area contributed by atoms with E-state index in [2.05, 4.69) is 15.9 Å². The minimum Gasteiger partial charge on any atom is -0.343 e. The first-order valence-electron chi connectivity index (χ1n) is 9.64. The Balaban J connectivity index is 2.15. The Labute approximate surface area is 183 Å². The van der Waals surface area contributed by atoms with Crippen LogP contribution in [0.5, 0.6) is 0 Å². The van der Waals surface area contributed by atoms with Crippen molar-refractivity contribution < 1.29 is 4.79 Å². The van der Waals surface area contributed by atoms with E-state index in [0.29, 0.717) is 17.6 Å². The second-order valence-corrected chi connectivity index (χ2v) is 8.27. The highest BCUT2D eigenvalue weighted by atomic mass is 79.9. The zero-order valence-corrected chi connectivity index (χ0v) is 18.4. The number of aromatic nitrogens is 1. The maximum Gasteiger partial charge on any atom is 0.270 e. The molecule has 5 heteroatoms. The Hall–Kier alpha value is -3.18. The Kier molecular flexibility index (Phi) is 5.55. The largest absolute Gasteiger partial charge is 0.343 e. The van der Waals surface area contributed by atoms with Crippen LogP contribution in [0.1, 0.15) is 16.1 Å². The molecule has 0 aliphatic heterocycles. The van der Waals surface area contributed by atoms with Crippen molar-refractivity contribution in [3.8, 4) is 11.1 Å². The van der Waals surface area contributed by atoms with Crippen LogP contribution in [-0.2, 0) is 6.54 Å². The molecule has 0 radical (unpaired) electrons.